The van der Waals surface area contributed by atoms with Crippen molar-refractivity contribution in [2.45, 2.75) is 38.0 Å². The largest absolute Gasteiger partial charge is 0.493 e. The van der Waals surface area contributed by atoms with Crippen LogP contribution < -0.4 is 14.8 Å². The molecule has 2 aromatic rings. The molecule has 0 radical (unpaired) electrons. The second kappa shape index (κ2) is 10.3. The molecule has 1 aliphatic carbocycles. The molecule has 33 heavy (non-hydrogen) atoms. The summed E-state index contributed by atoms with van der Waals surface area (Å²) in [4.78, 5) is 25.7. The van der Waals surface area contributed by atoms with Gasteiger partial charge in [-0.15, -0.1) is 0 Å². The minimum absolute atomic E-state index is 0.0567. The number of hydrogen-bond donors (Lipinski definition) is 2. The highest BCUT2D eigenvalue weighted by atomic mass is 16.5. The molecule has 176 valence electrons. The summed E-state index contributed by atoms with van der Waals surface area (Å²) in [5.74, 6) is 1.21. The lowest BCUT2D eigenvalue weighted by Crippen LogP contribution is -2.36. The zero-order chi connectivity index (χ0) is 23.4. The van der Waals surface area contributed by atoms with Gasteiger partial charge in [0, 0.05) is 38.5 Å². The van der Waals surface area contributed by atoms with Crippen LogP contribution in [-0.4, -0.2) is 62.3 Å². The van der Waals surface area contributed by atoms with Crippen molar-refractivity contribution in [3.63, 3.8) is 0 Å². The number of carbonyl (C=O) groups excluding carboxylic acids is 1. The van der Waals surface area contributed by atoms with Gasteiger partial charge in [0.15, 0.2) is 11.5 Å². The number of benzene rings is 2. The van der Waals surface area contributed by atoms with Crippen LogP contribution in [0.2, 0.25) is 0 Å². The molecular formula is C26H32N2O5. The molecule has 2 N–H and O–H groups in total. The van der Waals surface area contributed by atoms with Crippen LogP contribution in [-0.2, 0) is 35.3 Å². The molecule has 1 heterocycles. The molecule has 0 aromatic heterocycles. The van der Waals surface area contributed by atoms with E-state index >= 15 is 0 Å². The molecule has 1 unspecified atom stereocenters. The Morgan fingerprint density at radius 1 is 1.03 bits per heavy atom. The minimum atomic E-state index is -0.808. The standard InChI is InChI=1S/C26H32N2O5/c1-32-23-14-18-6-9-28(10-7-19(18)15-24(23)33-2)25(29)5-8-27-16-21-13-20-4-3-17(11-22(20)21)12-26(30)31/h3-4,11,14-15,21,27H,5-10,12-13,16H2,1-2H3,(H,30,31). The van der Waals surface area contributed by atoms with Gasteiger partial charge in [0.05, 0.1) is 20.6 Å². The summed E-state index contributed by atoms with van der Waals surface area (Å²) in [5.41, 5.74) is 5.81. The van der Waals surface area contributed by atoms with Crippen LogP contribution in [0.5, 0.6) is 11.5 Å². The number of nitrogens with one attached hydrogen (secondary N) is 1. The van der Waals surface area contributed by atoms with Crippen LogP contribution in [0.4, 0.5) is 0 Å². The zero-order valence-electron chi connectivity index (χ0n) is 19.4. The number of ether oxygens (including phenoxy) is 2. The van der Waals surface area contributed by atoms with E-state index in [4.69, 9.17) is 14.6 Å². The predicted octanol–water partition coefficient (Wildman–Crippen LogP) is 2.58. The fraction of sp³-hybridized carbons (Fsp3) is 0.462. The van der Waals surface area contributed by atoms with Crippen molar-refractivity contribution >= 4 is 11.9 Å². The number of carboxylic acids is 1. The summed E-state index contributed by atoms with van der Waals surface area (Å²) in [6, 6.07) is 10.0. The summed E-state index contributed by atoms with van der Waals surface area (Å²) in [5, 5.41) is 12.4. The molecular weight excluding hydrogens is 420 g/mol. The molecule has 0 saturated heterocycles. The Hall–Kier alpha value is -3.06. The van der Waals surface area contributed by atoms with E-state index in [-0.39, 0.29) is 12.3 Å². The number of amides is 1. The van der Waals surface area contributed by atoms with Crippen molar-refractivity contribution in [2.24, 2.45) is 0 Å². The highest BCUT2D eigenvalue weighted by Gasteiger charge is 2.26. The molecule has 0 spiro atoms. The molecule has 2 aliphatic rings. The lowest BCUT2D eigenvalue weighted by molar-refractivity contribution is -0.136. The Labute approximate surface area is 194 Å². The molecule has 7 heteroatoms. The lowest BCUT2D eigenvalue weighted by Gasteiger charge is -2.31. The lowest BCUT2D eigenvalue weighted by atomic mass is 9.76. The maximum absolute atomic E-state index is 12.8. The highest BCUT2D eigenvalue weighted by Crippen LogP contribution is 2.35. The summed E-state index contributed by atoms with van der Waals surface area (Å²) in [6.45, 7) is 2.87. The Balaban J connectivity index is 1.23. The van der Waals surface area contributed by atoms with Gasteiger partial charge >= 0.3 is 5.97 Å². The first-order chi connectivity index (χ1) is 16.0. The van der Waals surface area contributed by atoms with E-state index in [1.54, 1.807) is 14.2 Å². The van der Waals surface area contributed by atoms with Crippen molar-refractivity contribution in [2.75, 3.05) is 40.4 Å². The van der Waals surface area contributed by atoms with E-state index in [9.17, 15) is 9.59 Å². The number of hydrogen-bond acceptors (Lipinski definition) is 5. The summed E-state index contributed by atoms with van der Waals surface area (Å²) >= 11 is 0. The molecule has 1 atom stereocenters. The number of carbonyl (C=O) groups is 2. The average molecular weight is 453 g/mol. The minimum Gasteiger partial charge on any atom is -0.493 e. The first-order valence-corrected chi connectivity index (χ1v) is 11.5. The first kappa shape index (κ1) is 23.1. The van der Waals surface area contributed by atoms with Gasteiger partial charge in [0.2, 0.25) is 5.91 Å². The Morgan fingerprint density at radius 2 is 1.70 bits per heavy atom. The molecule has 7 nitrogen and oxygen atoms in total. The van der Waals surface area contributed by atoms with Gasteiger partial charge in [-0.2, -0.15) is 0 Å². The van der Waals surface area contributed by atoms with Crippen molar-refractivity contribution in [1.82, 2.24) is 10.2 Å². The van der Waals surface area contributed by atoms with Crippen molar-refractivity contribution in [3.8, 4) is 11.5 Å². The molecule has 0 fully saturated rings. The van der Waals surface area contributed by atoms with E-state index in [2.05, 4.69) is 5.32 Å². The fourth-order valence-corrected chi connectivity index (χ4v) is 4.85. The van der Waals surface area contributed by atoms with Crippen LogP contribution >= 0.6 is 0 Å². The summed E-state index contributed by atoms with van der Waals surface area (Å²) < 4.78 is 10.8. The van der Waals surface area contributed by atoms with Gasteiger partial charge < -0.3 is 24.8 Å². The van der Waals surface area contributed by atoms with E-state index in [1.165, 1.54) is 22.3 Å². The number of nitrogens with zero attached hydrogens (tertiary/aromatic N) is 1. The van der Waals surface area contributed by atoms with Gasteiger partial charge in [0.25, 0.3) is 0 Å². The molecule has 1 amide bonds. The quantitative estimate of drug-likeness (QED) is 0.569. The van der Waals surface area contributed by atoms with E-state index < -0.39 is 5.97 Å². The monoisotopic (exact) mass is 452 g/mol. The zero-order valence-corrected chi connectivity index (χ0v) is 19.4. The molecule has 1 aliphatic heterocycles. The maximum Gasteiger partial charge on any atom is 0.307 e. The topological polar surface area (TPSA) is 88.1 Å². The maximum atomic E-state index is 12.8. The number of methoxy groups -OCH3 is 2. The first-order valence-electron chi connectivity index (χ1n) is 11.5. The number of aliphatic carboxylic acids is 1. The highest BCUT2D eigenvalue weighted by molar-refractivity contribution is 5.76. The van der Waals surface area contributed by atoms with Crippen molar-refractivity contribution in [1.29, 1.82) is 0 Å². The van der Waals surface area contributed by atoms with Gasteiger partial charge in [0.1, 0.15) is 0 Å². The third kappa shape index (κ3) is 5.30. The van der Waals surface area contributed by atoms with Crippen LogP contribution in [0.25, 0.3) is 0 Å². The number of rotatable bonds is 9. The fourth-order valence-electron chi connectivity index (χ4n) is 4.85. The second-order valence-electron chi connectivity index (χ2n) is 8.82. The number of fused-ring (bicyclic) bond motifs is 2. The molecule has 0 bridgehead atoms. The van der Waals surface area contributed by atoms with Crippen molar-refractivity contribution in [3.05, 3.63) is 58.1 Å². The van der Waals surface area contributed by atoms with Crippen molar-refractivity contribution < 1.29 is 24.2 Å². The van der Waals surface area contributed by atoms with E-state index in [1.807, 2.05) is 35.2 Å². The summed E-state index contributed by atoms with van der Waals surface area (Å²) in [7, 11) is 3.28. The van der Waals surface area contributed by atoms with E-state index in [0.717, 1.165) is 42.9 Å². The SMILES string of the molecule is COc1cc2c(cc1OC)CCN(C(=O)CCNCC1Cc3ccc(CC(=O)O)cc31)CC2. The van der Waals surface area contributed by atoms with Crippen LogP contribution in [0.1, 0.15) is 40.2 Å². The summed E-state index contributed by atoms with van der Waals surface area (Å²) in [6.07, 6.45) is 3.16. The third-order valence-corrected chi connectivity index (χ3v) is 6.74. The molecule has 0 saturated carbocycles. The molecule has 2 aromatic carbocycles. The van der Waals surface area contributed by atoms with Crippen LogP contribution in [0, 0.1) is 0 Å². The van der Waals surface area contributed by atoms with Gasteiger partial charge in [-0.3, -0.25) is 9.59 Å². The predicted molar refractivity (Wildman–Crippen MR) is 125 cm³/mol. The van der Waals surface area contributed by atoms with Crippen LogP contribution in [0.3, 0.4) is 0 Å². The van der Waals surface area contributed by atoms with E-state index in [0.29, 0.717) is 32.0 Å². The Kier molecular flexibility index (Phi) is 7.18. The van der Waals surface area contributed by atoms with Crippen LogP contribution in [0.15, 0.2) is 30.3 Å². The second-order valence-corrected chi connectivity index (χ2v) is 8.82. The third-order valence-electron chi connectivity index (χ3n) is 6.74. The molecule has 4 rings (SSSR count). The Bertz CT molecular complexity index is 1000. The Morgan fingerprint density at radius 3 is 2.30 bits per heavy atom. The van der Waals surface area contributed by atoms with Gasteiger partial charge in [-0.05, 0) is 59.2 Å². The van der Waals surface area contributed by atoms with Gasteiger partial charge in [-0.1, -0.05) is 18.2 Å². The number of carboxylic acid groups (broad SMARTS) is 1. The smallest absolute Gasteiger partial charge is 0.307 e. The average Bonchev–Trinajstić information content (AvgIpc) is 3.00. The van der Waals surface area contributed by atoms with Gasteiger partial charge in [-0.25, -0.2) is 0 Å². The normalized spacial score (nSPS) is 16.8.